The van der Waals surface area contributed by atoms with Gasteiger partial charge >= 0.3 is 0 Å². The Kier molecular flexibility index (Phi) is 4.20. The van der Waals surface area contributed by atoms with Crippen LogP contribution in [0.15, 0.2) is 0 Å². The Balaban J connectivity index is 2.54. The van der Waals surface area contributed by atoms with Gasteiger partial charge < -0.3 is 4.90 Å². The summed E-state index contributed by atoms with van der Waals surface area (Å²) < 4.78 is 22.9. The molecule has 0 aliphatic carbocycles. The van der Waals surface area contributed by atoms with E-state index in [0.29, 0.717) is 6.54 Å². The Morgan fingerprint density at radius 1 is 1.47 bits per heavy atom. The number of nitriles is 1. The smallest absolute Gasteiger partial charge is 0.258 e. The first-order valence-corrected chi connectivity index (χ1v) is 7.28. The van der Waals surface area contributed by atoms with Crippen LogP contribution in [0.2, 0.25) is 0 Å². The van der Waals surface area contributed by atoms with E-state index in [2.05, 4.69) is 0 Å². The van der Waals surface area contributed by atoms with Gasteiger partial charge in [0.15, 0.2) is 4.75 Å². The summed E-state index contributed by atoms with van der Waals surface area (Å²) in [7, 11) is -2.09. The summed E-state index contributed by atoms with van der Waals surface area (Å²) in [6, 6.07) is 1.92. The lowest BCUT2D eigenvalue weighted by molar-refractivity contribution is -0.133. The first-order chi connectivity index (χ1) is 8.66. The van der Waals surface area contributed by atoms with Crippen molar-refractivity contribution in [2.45, 2.75) is 31.4 Å². The van der Waals surface area contributed by atoms with E-state index >= 15 is 0 Å². The largest absolute Gasteiger partial charge is 0.345 e. The molecule has 7 nitrogen and oxygen atoms in total. The Morgan fingerprint density at radius 3 is 2.53 bits per heavy atom. The molecule has 1 aliphatic rings. The lowest BCUT2D eigenvalue weighted by atomic mass is 10.2. The molecule has 1 aliphatic heterocycles. The van der Waals surface area contributed by atoms with Crippen LogP contribution in [0.3, 0.4) is 0 Å². The second-order valence-corrected chi connectivity index (χ2v) is 7.28. The molecule has 2 amide bonds. The standard InChI is InChI=1S/C11H17N3O4S/c1-11(2)10(16)14(19(11,17)18)8-5-9(15)13(3)7-4-6-12/h4-5,7-8H2,1-3H3. The van der Waals surface area contributed by atoms with Crippen LogP contribution in [0.1, 0.15) is 26.7 Å². The normalized spacial score (nSPS) is 19.5. The van der Waals surface area contributed by atoms with Gasteiger partial charge in [-0.15, -0.1) is 0 Å². The second-order valence-electron chi connectivity index (χ2n) is 4.87. The summed E-state index contributed by atoms with van der Waals surface area (Å²) in [5.41, 5.74) is 0. The highest BCUT2D eigenvalue weighted by Gasteiger charge is 2.59. The van der Waals surface area contributed by atoms with Gasteiger partial charge in [-0.05, 0) is 13.8 Å². The second kappa shape index (κ2) is 5.17. The molecule has 0 bridgehead atoms. The van der Waals surface area contributed by atoms with Crippen LogP contribution in [0.25, 0.3) is 0 Å². The Bertz CT molecular complexity index is 533. The third kappa shape index (κ3) is 2.56. The number of hydrogen-bond donors (Lipinski definition) is 0. The van der Waals surface area contributed by atoms with E-state index in [1.807, 2.05) is 6.07 Å². The SMILES string of the molecule is CN(CCC#N)C(=O)CCN1C(=O)C(C)(C)S1(=O)=O. The van der Waals surface area contributed by atoms with Gasteiger partial charge in [-0.2, -0.15) is 5.26 Å². The van der Waals surface area contributed by atoms with E-state index in [9.17, 15) is 18.0 Å². The van der Waals surface area contributed by atoms with Crippen LogP contribution >= 0.6 is 0 Å². The number of rotatable bonds is 5. The first-order valence-electron chi connectivity index (χ1n) is 5.84. The van der Waals surface area contributed by atoms with E-state index < -0.39 is 20.7 Å². The molecule has 0 saturated carbocycles. The number of carbonyl (C=O) groups is 2. The van der Waals surface area contributed by atoms with Crippen molar-refractivity contribution in [1.82, 2.24) is 9.21 Å². The zero-order valence-electron chi connectivity index (χ0n) is 11.2. The maximum atomic E-state index is 11.8. The van der Waals surface area contributed by atoms with E-state index in [1.54, 1.807) is 0 Å². The molecular weight excluding hydrogens is 270 g/mol. The average Bonchev–Trinajstić information content (AvgIpc) is 2.34. The summed E-state index contributed by atoms with van der Waals surface area (Å²) in [5.74, 6) is -0.775. The third-order valence-corrected chi connectivity index (χ3v) is 5.58. The quantitative estimate of drug-likeness (QED) is 0.691. The van der Waals surface area contributed by atoms with Crippen molar-refractivity contribution in [3.63, 3.8) is 0 Å². The highest BCUT2D eigenvalue weighted by Crippen LogP contribution is 2.34. The summed E-state index contributed by atoms with van der Waals surface area (Å²) in [6.45, 7) is 2.85. The van der Waals surface area contributed by atoms with Crippen LogP contribution in [-0.2, 0) is 19.6 Å². The summed E-state index contributed by atoms with van der Waals surface area (Å²) in [5, 5.41) is 8.40. The zero-order chi connectivity index (χ0) is 14.8. The topological polar surface area (TPSA) is 98.5 Å². The molecule has 0 radical (unpaired) electrons. The number of sulfonamides is 1. The van der Waals surface area contributed by atoms with Crippen molar-refractivity contribution in [2.75, 3.05) is 20.1 Å². The lowest BCUT2D eigenvalue weighted by Gasteiger charge is -2.43. The molecule has 0 unspecified atom stereocenters. The van der Waals surface area contributed by atoms with Crippen LogP contribution in [0, 0.1) is 11.3 Å². The molecule has 0 N–H and O–H groups in total. The van der Waals surface area contributed by atoms with Crippen LogP contribution in [0.4, 0.5) is 0 Å². The monoisotopic (exact) mass is 287 g/mol. The molecule has 106 valence electrons. The third-order valence-electron chi connectivity index (χ3n) is 3.19. The number of hydrogen-bond acceptors (Lipinski definition) is 5. The van der Waals surface area contributed by atoms with Gasteiger partial charge in [0.2, 0.25) is 5.91 Å². The highest BCUT2D eigenvalue weighted by atomic mass is 32.2. The molecule has 0 atom stereocenters. The van der Waals surface area contributed by atoms with Gasteiger partial charge in [0.1, 0.15) is 0 Å². The average molecular weight is 287 g/mol. The Labute approximate surface area is 112 Å². The molecule has 8 heteroatoms. The predicted octanol–water partition coefficient (Wildman–Crippen LogP) is -0.301. The lowest BCUT2D eigenvalue weighted by Crippen LogP contribution is -2.67. The van der Waals surface area contributed by atoms with Gasteiger partial charge in [0, 0.05) is 26.6 Å². The molecule has 1 rings (SSSR count). The van der Waals surface area contributed by atoms with Crippen molar-refractivity contribution in [3.05, 3.63) is 0 Å². The van der Waals surface area contributed by atoms with Gasteiger partial charge in [-0.1, -0.05) is 0 Å². The zero-order valence-corrected chi connectivity index (χ0v) is 12.0. The molecule has 0 spiro atoms. The fraction of sp³-hybridized carbons (Fsp3) is 0.727. The van der Waals surface area contributed by atoms with Gasteiger partial charge in [-0.3, -0.25) is 9.59 Å². The van der Waals surface area contributed by atoms with Gasteiger partial charge in [-0.25, -0.2) is 12.7 Å². The summed E-state index contributed by atoms with van der Waals surface area (Å²) in [4.78, 5) is 24.6. The number of carbonyl (C=O) groups excluding carboxylic acids is 2. The minimum atomic E-state index is -3.63. The number of nitrogens with zero attached hydrogens (tertiary/aromatic N) is 3. The van der Waals surface area contributed by atoms with Crippen LogP contribution in [0.5, 0.6) is 0 Å². The molecule has 1 heterocycles. The molecule has 0 aromatic heterocycles. The number of amides is 2. The predicted molar refractivity (Wildman–Crippen MR) is 67.2 cm³/mol. The molecule has 0 aromatic rings. The molecule has 19 heavy (non-hydrogen) atoms. The van der Waals surface area contributed by atoms with Gasteiger partial charge in [0.05, 0.1) is 12.5 Å². The van der Waals surface area contributed by atoms with Crippen LogP contribution in [-0.4, -0.2) is 54.3 Å². The fourth-order valence-corrected chi connectivity index (χ4v) is 3.24. The molecule has 1 saturated heterocycles. The van der Waals surface area contributed by atoms with E-state index in [-0.39, 0.29) is 25.3 Å². The fourth-order valence-electron chi connectivity index (χ4n) is 1.71. The summed E-state index contributed by atoms with van der Waals surface area (Å²) in [6.07, 6.45) is 0.152. The minimum absolute atomic E-state index is 0.0665. The van der Waals surface area contributed by atoms with Crippen molar-refractivity contribution < 1.29 is 18.0 Å². The minimum Gasteiger partial charge on any atom is -0.345 e. The maximum Gasteiger partial charge on any atom is 0.258 e. The van der Waals surface area contributed by atoms with E-state index in [0.717, 1.165) is 4.31 Å². The molecule has 1 fully saturated rings. The van der Waals surface area contributed by atoms with Crippen LogP contribution < -0.4 is 0 Å². The van der Waals surface area contributed by atoms with Gasteiger partial charge in [0.25, 0.3) is 15.9 Å². The molecular formula is C11H17N3O4S. The maximum absolute atomic E-state index is 11.8. The van der Waals surface area contributed by atoms with E-state index in [4.69, 9.17) is 5.26 Å². The Morgan fingerprint density at radius 2 is 2.05 bits per heavy atom. The highest BCUT2D eigenvalue weighted by molar-refractivity contribution is 7.94. The molecule has 0 aromatic carbocycles. The van der Waals surface area contributed by atoms with E-state index in [1.165, 1.54) is 25.8 Å². The van der Waals surface area contributed by atoms with Crippen molar-refractivity contribution >= 4 is 21.8 Å². The Hall–Kier alpha value is -1.62. The van der Waals surface area contributed by atoms with Crippen molar-refractivity contribution in [3.8, 4) is 6.07 Å². The van der Waals surface area contributed by atoms with Crippen molar-refractivity contribution in [2.24, 2.45) is 0 Å². The first kappa shape index (κ1) is 15.4. The van der Waals surface area contributed by atoms with Crippen molar-refractivity contribution in [1.29, 1.82) is 5.26 Å². The summed E-state index contributed by atoms with van der Waals surface area (Å²) >= 11 is 0.